The number of nitrogens with one attached hydrogen (secondary N) is 1. The molecular weight excluding hydrogens is 542 g/mol. The van der Waals surface area contributed by atoms with Crippen molar-refractivity contribution in [1.82, 2.24) is 10.2 Å². The zero-order chi connectivity index (χ0) is 26.9. The SMILES string of the molecule is CCc1ccc(N(CCCC(=O)N(Cc2cccc(Br)c2)C(C)C(=O)NCC(C)C)S(C)(=O)=O)cc1. The van der Waals surface area contributed by atoms with E-state index in [1.54, 1.807) is 24.0 Å². The summed E-state index contributed by atoms with van der Waals surface area (Å²) in [6.45, 7) is 8.78. The van der Waals surface area contributed by atoms with E-state index in [0.717, 1.165) is 22.0 Å². The molecule has 2 amide bonds. The maximum Gasteiger partial charge on any atom is 0.242 e. The lowest BCUT2D eigenvalue weighted by Crippen LogP contribution is -2.48. The lowest BCUT2D eigenvalue weighted by molar-refractivity contribution is -0.140. The highest BCUT2D eigenvalue weighted by Crippen LogP contribution is 2.21. The fourth-order valence-electron chi connectivity index (χ4n) is 3.77. The normalized spacial score (nSPS) is 12.3. The Labute approximate surface area is 224 Å². The molecule has 2 aromatic carbocycles. The molecule has 0 fully saturated rings. The Hall–Kier alpha value is -2.39. The van der Waals surface area contributed by atoms with Crippen molar-refractivity contribution in [3.05, 3.63) is 64.1 Å². The van der Waals surface area contributed by atoms with Crippen LogP contribution < -0.4 is 9.62 Å². The molecule has 9 heteroatoms. The molecule has 0 aliphatic carbocycles. The van der Waals surface area contributed by atoms with E-state index in [9.17, 15) is 18.0 Å². The summed E-state index contributed by atoms with van der Waals surface area (Å²) in [4.78, 5) is 27.7. The van der Waals surface area contributed by atoms with Crippen LogP contribution in [0.5, 0.6) is 0 Å². The quantitative estimate of drug-likeness (QED) is 0.371. The van der Waals surface area contributed by atoms with Crippen LogP contribution in [0.15, 0.2) is 53.0 Å². The van der Waals surface area contributed by atoms with E-state index in [1.807, 2.05) is 57.2 Å². The number of sulfonamides is 1. The Morgan fingerprint density at radius 2 is 1.69 bits per heavy atom. The van der Waals surface area contributed by atoms with Gasteiger partial charge in [0.05, 0.1) is 11.9 Å². The standard InChI is InChI=1S/C27H38BrN3O4S/c1-6-22-12-14-25(15-13-22)31(36(5,34)35)16-8-11-26(32)30(19-23-9-7-10-24(28)17-23)21(4)27(33)29-18-20(2)3/h7,9-10,12-15,17,20-21H,6,8,11,16,18-19H2,1-5H3,(H,29,33). The molecule has 1 unspecified atom stereocenters. The minimum Gasteiger partial charge on any atom is -0.354 e. The van der Waals surface area contributed by atoms with Gasteiger partial charge in [0.25, 0.3) is 0 Å². The largest absolute Gasteiger partial charge is 0.354 e. The van der Waals surface area contributed by atoms with E-state index in [-0.39, 0.29) is 31.3 Å². The molecular formula is C27H38BrN3O4S. The molecule has 2 rings (SSSR count). The van der Waals surface area contributed by atoms with Gasteiger partial charge < -0.3 is 10.2 Å². The third-order valence-corrected chi connectivity index (χ3v) is 7.57. The molecule has 1 atom stereocenters. The van der Waals surface area contributed by atoms with Crippen molar-refractivity contribution in [2.24, 2.45) is 5.92 Å². The molecule has 0 aliphatic rings. The van der Waals surface area contributed by atoms with Crippen LogP contribution in [0.4, 0.5) is 5.69 Å². The van der Waals surface area contributed by atoms with Gasteiger partial charge >= 0.3 is 0 Å². The Morgan fingerprint density at radius 3 is 2.25 bits per heavy atom. The van der Waals surface area contributed by atoms with E-state index in [2.05, 4.69) is 21.2 Å². The second-order valence-corrected chi connectivity index (χ2v) is 12.2. The monoisotopic (exact) mass is 579 g/mol. The first-order chi connectivity index (χ1) is 16.9. The molecule has 2 aromatic rings. The van der Waals surface area contributed by atoms with Gasteiger partial charge in [-0.25, -0.2) is 8.42 Å². The van der Waals surface area contributed by atoms with Gasteiger partial charge in [-0.2, -0.15) is 0 Å². The third kappa shape index (κ3) is 9.24. The zero-order valence-corrected chi connectivity index (χ0v) is 24.2. The van der Waals surface area contributed by atoms with Crippen molar-refractivity contribution in [2.45, 2.75) is 59.5 Å². The Morgan fingerprint density at radius 1 is 1.03 bits per heavy atom. The van der Waals surface area contributed by atoms with Crippen molar-refractivity contribution in [3.8, 4) is 0 Å². The molecule has 0 bridgehead atoms. The summed E-state index contributed by atoms with van der Waals surface area (Å²) in [6.07, 6.45) is 2.49. The van der Waals surface area contributed by atoms with Crippen LogP contribution in [0.25, 0.3) is 0 Å². The van der Waals surface area contributed by atoms with Gasteiger partial charge in [-0.15, -0.1) is 0 Å². The minimum absolute atomic E-state index is 0.120. The van der Waals surface area contributed by atoms with Gasteiger partial charge in [0.1, 0.15) is 6.04 Å². The molecule has 0 aromatic heterocycles. The Kier molecular flexibility index (Phi) is 11.4. The number of benzene rings is 2. The van der Waals surface area contributed by atoms with Crippen molar-refractivity contribution in [3.63, 3.8) is 0 Å². The average Bonchev–Trinajstić information content (AvgIpc) is 2.82. The van der Waals surface area contributed by atoms with Crippen molar-refractivity contribution < 1.29 is 18.0 Å². The number of hydrogen-bond acceptors (Lipinski definition) is 4. The lowest BCUT2D eigenvalue weighted by atomic mass is 10.1. The molecule has 1 N–H and O–H groups in total. The number of aryl methyl sites for hydroxylation is 1. The summed E-state index contributed by atoms with van der Waals surface area (Å²) in [7, 11) is -3.52. The van der Waals surface area contributed by atoms with Crippen LogP contribution in [-0.4, -0.2) is 50.5 Å². The minimum atomic E-state index is -3.52. The molecule has 0 aliphatic heterocycles. The summed E-state index contributed by atoms with van der Waals surface area (Å²) in [5.74, 6) is -0.110. The van der Waals surface area contributed by atoms with Crippen LogP contribution in [0.1, 0.15) is 51.7 Å². The van der Waals surface area contributed by atoms with Gasteiger partial charge in [-0.05, 0) is 61.1 Å². The molecule has 36 heavy (non-hydrogen) atoms. The first-order valence-electron chi connectivity index (χ1n) is 12.3. The Balaban J connectivity index is 2.15. The number of carbonyl (C=O) groups is 2. The highest BCUT2D eigenvalue weighted by atomic mass is 79.9. The third-order valence-electron chi connectivity index (χ3n) is 5.88. The summed E-state index contributed by atoms with van der Waals surface area (Å²) < 4.78 is 27.2. The van der Waals surface area contributed by atoms with Gasteiger partial charge in [-0.3, -0.25) is 13.9 Å². The van der Waals surface area contributed by atoms with Gasteiger partial charge in [0.2, 0.25) is 21.8 Å². The number of rotatable bonds is 13. The predicted octanol–water partition coefficient (Wildman–Crippen LogP) is 4.75. The van der Waals surface area contributed by atoms with Crippen LogP contribution >= 0.6 is 15.9 Å². The molecule has 0 radical (unpaired) electrons. The Bertz CT molecular complexity index is 1120. The fourth-order valence-corrected chi connectivity index (χ4v) is 5.18. The van der Waals surface area contributed by atoms with E-state index >= 15 is 0 Å². The molecule has 198 valence electrons. The molecule has 7 nitrogen and oxygen atoms in total. The van der Waals surface area contributed by atoms with E-state index in [1.165, 1.54) is 10.6 Å². The summed E-state index contributed by atoms with van der Waals surface area (Å²) in [6, 6.07) is 14.4. The van der Waals surface area contributed by atoms with E-state index in [4.69, 9.17) is 0 Å². The topological polar surface area (TPSA) is 86.8 Å². The molecule has 0 heterocycles. The zero-order valence-electron chi connectivity index (χ0n) is 21.8. The smallest absolute Gasteiger partial charge is 0.242 e. The molecule has 0 saturated carbocycles. The predicted molar refractivity (Wildman–Crippen MR) is 149 cm³/mol. The number of halogens is 1. The first kappa shape index (κ1) is 29.8. The van der Waals surface area contributed by atoms with Gasteiger partial charge in [-0.1, -0.05) is 61.0 Å². The van der Waals surface area contributed by atoms with Crippen molar-refractivity contribution in [2.75, 3.05) is 23.7 Å². The number of nitrogens with zero attached hydrogens (tertiary/aromatic N) is 2. The van der Waals surface area contributed by atoms with Gasteiger partial charge in [0.15, 0.2) is 0 Å². The van der Waals surface area contributed by atoms with Crippen LogP contribution in [0, 0.1) is 5.92 Å². The van der Waals surface area contributed by atoms with Crippen LogP contribution in [0.2, 0.25) is 0 Å². The summed E-state index contributed by atoms with van der Waals surface area (Å²) in [5.41, 5.74) is 2.60. The molecule has 0 saturated heterocycles. The fraction of sp³-hybridized carbons (Fsp3) is 0.481. The second-order valence-electron chi connectivity index (χ2n) is 9.43. The maximum absolute atomic E-state index is 13.3. The number of carbonyl (C=O) groups excluding carboxylic acids is 2. The number of amides is 2. The van der Waals surface area contributed by atoms with Crippen molar-refractivity contribution >= 4 is 43.5 Å². The highest BCUT2D eigenvalue weighted by Gasteiger charge is 2.26. The van der Waals surface area contributed by atoms with E-state index < -0.39 is 16.1 Å². The highest BCUT2D eigenvalue weighted by molar-refractivity contribution is 9.10. The number of hydrogen-bond donors (Lipinski definition) is 1. The van der Waals surface area contributed by atoms with Gasteiger partial charge in [0, 0.05) is 30.5 Å². The first-order valence-corrected chi connectivity index (χ1v) is 14.9. The number of anilines is 1. The average molecular weight is 581 g/mol. The lowest BCUT2D eigenvalue weighted by Gasteiger charge is -2.29. The molecule has 0 spiro atoms. The summed E-state index contributed by atoms with van der Waals surface area (Å²) in [5, 5.41) is 2.91. The van der Waals surface area contributed by atoms with E-state index in [0.29, 0.717) is 24.6 Å². The summed E-state index contributed by atoms with van der Waals surface area (Å²) >= 11 is 3.46. The van der Waals surface area contributed by atoms with Crippen LogP contribution in [0.3, 0.4) is 0 Å². The second kappa shape index (κ2) is 13.8. The van der Waals surface area contributed by atoms with Crippen LogP contribution in [-0.2, 0) is 32.6 Å². The maximum atomic E-state index is 13.3. The van der Waals surface area contributed by atoms with Crippen molar-refractivity contribution in [1.29, 1.82) is 0 Å².